The molecule has 1 aromatic heterocycles. The summed E-state index contributed by atoms with van der Waals surface area (Å²) in [5.74, 6) is 0. The average molecular weight is 178 g/mol. The molecule has 0 N–H and O–H groups in total. The molecule has 3 heteroatoms. The third-order valence-electron chi connectivity index (χ3n) is 2.13. The van der Waals surface area contributed by atoms with Crippen LogP contribution in [0.15, 0.2) is 18.3 Å². The maximum absolute atomic E-state index is 4.19. The number of aryl methyl sites for hydroxylation is 2. The molecule has 0 amide bonds. The second-order valence-corrected chi connectivity index (χ2v) is 3.66. The van der Waals surface area contributed by atoms with E-state index in [2.05, 4.69) is 33.4 Å². The molecule has 0 fully saturated rings. The molecule has 2 nitrogen and oxygen atoms in total. The Morgan fingerprint density at radius 3 is 2.92 bits per heavy atom. The first kappa shape index (κ1) is 7.75. The molecule has 0 bridgehead atoms. The highest BCUT2D eigenvalue weighted by Gasteiger charge is 2.00. The van der Waals surface area contributed by atoms with E-state index in [-0.39, 0.29) is 0 Å². The van der Waals surface area contributed by atoms with Crippen molar-refractivity contribution in [2.75, 3.05) is 0 Å². The van der Waals surface area contributed by atoms with E-state index in [1.165, 1.54) is 21.8 Å². The summed E-state index contributed by atoms with van der Waals surface area (Å²) in [4.78, 5) is 0. The average Bonchev–Trinajstić information content (AvgIpc) is 2.35. The molecule has 0 aliphatic rings. The molecule has 0 aliphatic carbocycles. The minimum atomic E-state index is 1.19. The summed E-state index contributed by atoms with van der Waals surface area (Å²) in [7, 11) is 4.69. The van der Waals surface area contributed by atoms with Crippen molar-refractivity contribution in [3.63, 3.8) is 0 Å². The predicted molar refractivity (Wildman–Crippen MR) is 54.8 cm³/mol. The highest BCUT2D eigenvalue weighted by Crippen LogP contribution is 2.14. The fourth-order valence-corrected chi connectivity index (χ4v) is 1.57. The molecule has 0 saturated carbocycles. The molecule has 0 radical (unpaired) electrons. The molecule has 62 valence electrons. The largest absolute Gasteiger partial charge is 0.268 e. The summed E-state index contributed by atoms with van der Waals surface area (Å²) in [6.45, 7) is 2.11. The maximum Gasteiger partial charge on any atom is 0.0685 e. The van der Waals surface area contributed by atoms with Crippen molar-refractivity contribution in [2.45, 2.75) is 6.92 Å². The lowest BCUT2D eigenvalue weighted by Crippen LogP contribution is -1.97. The number of rotatable bonds is 0. The van der Waals surface area contributed by atoms with E-state index in [1.54, 1.807) is 0 Å². The predicted octanol–water partition coefficient (Wildman–Crippen LogP) is 1.38. The first-order chi connectivity index (χ1) is 5.68. The van der Waals surface area contributed by atoms with Crippen LogP contribution in [0.3, 0.4) is 0 Å². The summed E-state index contributed by atoms with van der Waals surface area (Å²) in [5.41, 5.74) is 2.48. The highest BCUT2D eigenvalue weighted by atomic mass is 31.0. The van der Waals surface area contributed by atoms with Crippen LogP contribution in [-0.2, 0) is 7.05 Å². The van der Waals surface area contributed by atoms with Gasteiger partial charge in [0, 0.05) is 12.4 Å². The van der Waals surface area contributed by atoms with E-state index in [0.717, 1.165) is 0 Å². The lowest BCUT2D eigenvalue weighted by molar-refractivity contribution is 0.797. The van der Waals surface area contributed by atoms with Crippen LogP contribution >= 0.6 is 9.24 Å². The molecule has 0 aliphatic heterocycles. The number of aromatic nitrogens is 2. The van der Waals surface area contributed by atoms with Gasteiger partial charge in [0.1, 0.15) is 0 Å². The minimum Gasteiger partial charge on any atom is -0.268 e. The number of hydrogen-bond donors (Lipinski definition) is 0. The van der Waals surface area contributed by atoms with Crippen molar-refractivity contribution in [3.05, 3.63) is 23.9 Å². The molecule has 1 aromatic carbocycles. The maximum atomic E-state index is 4.19. The van der Waals surface area contributed by atoms with Gasteiger partial charge in [-0.15, -0.1) is 9.24 Å². The van der Waals surface area contributed by atoms with E-state index in [9.17, 15) is 0 Å². The molecular weight excluding hydrogens is 167 g/mol. The van der Waals surface area contributed by atoms with E-state index in [1.807, 2.05) is 17.9 Å². The standard InChI is InChI=1S/C9H11N2P/c1-6-3-7-5-10-11(2)8(7)4-9(6)12/h3-5H,12H2,1-2H3. The van der Waals surface area contributed by atoms with Gasteiger partial charge in [-0.3, -0.25) is 4.68 Å². The van der Waals surface area contributed by atoms with E-state index in [0.29, 0.717) is 0 Å². The quantitative estimate of drug-likeness (QED) is 0.557. The molecule has 1 heterocycles. The van der Waals surface area contributed by atoms with E-state index in [4.69, 9.17) is 0 Å². The van der Waals surface area contributed by atoms with Gasteiger partial charge < -0.3 is 0 Å². The SMILES string of the molecule is Cc1cc2cnn(C)c2cc1P. The monoisotopic (exact) mass is 178 g/mol. The molecular formula is C9H11N2P. The zero-order chi connectivity index (χ0) is 8.72. The lowest BCUT2D eigenvalue weighted by Gasteiger charge is -1.99. The van der Waals surface area contributed by atoms with Crippen LogP contribution in [0.4, 0.5) is 0 Å². The van der Waals surface area contributed by atoms with Crippen LogP contribution < -0.4 is 5.30 Å². The first-order valence-electron chi connectivity index (χ1n) is 3.86. The van der Waals surface area contributed by atoms with Crippen LogP contribution in [0.2, 0.25) is 0 Å². The van der Waals surface area contributed by atoms with Crippen molar-refractivity contribution >= 4 is 25.4 Å². The second kappa shape index (κ2) is 2.56. The Bertz CT molecular complexity index is 431. The number of fused-ring (bicyclic) bond motifs is 1. The van der Waals surface area contributed by atoms with E-state index >= 15 is 0 Å². The normalized spacial score (nSPS) is 10.9. The van der Waals surface area contributed by atoms with Gasteiger partial charge in [-0.25, -0.2) is 0 Å². The zero-order valence-electron chi connectivity index (χ0n) is 7.20. The summed E-state index contributed by atoms with van der Waals surface area (Å²) < 4.78 is 1.89. The van der Waals surface area contributed by atoms with Gasteiger partial charge in [-0.1, -0.05) is 0 Å². The smallest absolute Gasteiger partial charge is 0.0685 e. The summed E-state index contributed by atoms with van der Waals surface area (Å²) in [6, 6.07) is 4.30. The first-order valence-corrected chi connectivity index (χ1v) is 4.44. The van der Waals surface area contributed by atoms with Gasteiger partial charge in [0.25, 0.3) is 0 Å². The Morgan fingerprint density at radius 2 is 2.17 bits per heavy atom. The summed E-state index contributed by atoms with van der Waals surface area (Å²) >= 11 is 0. The van der Waals surface area contributed by atoms with Crippen molar-refractivity contribution < 1.29 is 0 Å². The number of nitrogens with zero attached hydrogens (tertiary/aromatic N) is 2. The Balaban J connectivity index is 2.87. The van der Waals surface area contributed by atoms with Gasteiger partial charge in [-0.05, 0) is 29.9 Å². The topological polar surface area (TPSA) is 17.8 Å². The van der Waals surface area contributed by atoms with Gasteiger partial charge in [0.15, 0.2) is 0 Å². The van der Waals surface area contributed by atoms with E-state index < -0.39 is 0 Å². The van der Waals surface area contributed by atoms with Crippen LogP contribution in [0.25, 0.3) is 10.9 Å². The van der Waals surface area contributed by atoms with Gasteiger partial charge in [0.05, 0.1) is 11.7 Å². The Morgan fingerprint density at radius 1 is 1.42 bits per heavy atom. The molecule has 1 atom stereocenters. The molecule has 0 saturated heterocycles. The highest BCUT2D eigenvalue weighted by molar-refractivity contribution is 7.27. The summed E-state index contributed by atoms with van der Waals surface area (Å²) in [5, 5.41) is 6.64. The molecule has 2 rings (SSSR count). The third kappa shape index (κ3) is 1.03. The number of benzene rings is 1. The van der Waals surface area contributed by atoms with Gasteiger partial charge in [-0.2, -0.15) is 5.10 Å². The molecule has 2 aromatic rings. The van der Waals surface area contributed by atoms with Crippen molar-refractivity contribution in [1.29, 1.82) is 0 Å². The third-order valence-corrected chi connectivity index (χ3v) is 2.76. The Kier molecular flexibility index (Phi) is 1.66. The summed E-state index contributed by atoms with van der Waals surface area (Å²) in [6.07, 6.45) is 1.90. The molecule has 0 spiro atoms. The van der Waals surface area contributed by atoms with Crippen LogP contribution in [0.1, 0.15) is 5.56 Å². The van der Waals surface area contributed by atoms with Crippen molar-refractivity contribution in [1.82, 2.24) is 9.78 Å². The minimum absolute atomic E-state index is 1.19. The molecule has 1 unspecified atom stereocenters. The Hall–Kier alpha value is -0.880. The second-order valence-electron chi connectivity index (χ2n) is 3.04. The van der Waals surface area contributed by atoms with Crippen molar-refractivity contribution in [3.8, 4) is 0 Å². The van der Waals surface area contributed by atoms with Crippen molar-refractivity contribution in [2.24, 2.45) is 7.05 Å². The lowest BCUT2D eigenvalue weighted by atomic mass is 10.2. The number of hydrogen-bond acceptors (Lipinski definition) is 1. The fourth-order valence-electron chi connectivity index (χ4n) is 1.33. The van der Waals surface area contributed by atoms with Crippen LogP contribution in [-0.4, -0.2) is 9.78 Å². The van der Waals surface area contributed by atoms with Crippen LogP contribution in [0.5, 0.6) is 0 Å². The fraction of sp³-hybridized carbons (Fsp3) is 0.222. The zero-order valence-corrected chi connectivity index (χ0v) is 8.36. The van der Waals surface area contributed by atoms with Crippen LogP contribution in [0, 0.1) is 6.92 Å². The molecule has 12 heavy (non-hydrogen) atoms. The van der Waals surface area contributed by atoms with Gasteiger partial charge in [0.2, 0.25) is 0 Å². The Labute approximate surface area is 73.8 Å². The van der Waals surface area contributed by atoms with Gasteiger partial charge >= 0.3 is 0 Å².